The maximum atomic E-state index is 12.6. The van der Waals surface area contributed by atoms with E-state index in [0.29, 0.717) is 11.3 Å². The summed E-state index contributed by atoms with van der Waals surface area (Å²) in [5.74, 6) is -0.100. The van der Waals surface area contributed by atoms with Gasteiger partial charge in [-0.2, -0.15) is 0 Å². The monoisotopic (exact) mass is 365 g/mol. The number of benzene rings is 2. The third-order valence-electron chi connectivity index (χ3n) is 4.86. The second-order valence-corrected chi connectivity index (χ2v) is 7.15. The van der Waals surface area contributed by atoms with Crippen LogP contribution in [0.3, 0.4) is 0 Å². The van der Waals surface area contributed by atoms with Crippen LogP contribution in [0.2, 0.25) is 0 Å². The number of piperidine rings is 1. The topological polar surface area (TPSA) is 61.4 Å². The van der Waals surface area contributed by atoms with Gasteiger partial charge in [0.05, 0.1) is 6.54 Å². The van der Waals surface area contributed by atoms with E-state index in [2.05, 4.69) is 16.7 Å². The van der Waals surface area contributed by atoms with E-state index in [9.17, 15) is 9.59 Å². The van der Waals surface area contributed by atoms with Crippen molar-refractivity contribution >= 4 is 23.2 Å². The average Bonchev–Trinajstić information content (AvgIpc) is 2.67. The normalized spacial score (nSPS) is 13.9. The molecule has 1 aliphatic heterocycles. The molecule has 1 saturated heterocycles. The van der Waals surface area contributed by atoms with Crippen LogP contribution in [0.15, 0.2) is 42.5 Å². The van der Waals surface area contributed by atoms with Crippen LogP contribution >= 0.6 is 0 Å². The summed E-state index contributed by atoms with van der Waals surface area (Å²) in [7, 11) is 0. The molecule has 27 heavy (non-hydrogen) atoms. The third kappa shape index (κ3) is 5.09. The fraction of sp³-hybridized carbons (Fsp3) is 0.364. The highest BCUT2D eigenvalue weighted by atomic mass is 16.2. The number of hydrogen-bond acceptors (Lipinski definition) is 3. The van der Waals surface area contributed by atoms with Crippen molar-refractivity contribution in [3.63, 3.8) is 0 Å². The molecule has 2 N–H and O–H groups in total. The second-order valence-electron chi connectivity index (χ2n) is 7.15. The van der Waals surface area contributed by atoms with Crippen LogP contribution in [0.5, 0.6) is 0 Å². The Hall–Kier alpha value is -2.82. The number of aryl methyl sites for hydroxylation is 2. The summed E-state index contributed by atoms with van der Waals surface area (Å²) < 4.78 is 0. The van der Waals surface area contributed by atoms with E-state index >= 15 is 0 Å². The Morgan fingerprint density at radius 3 is 2.52 bits per heavy atom. The minimum absolute atomic E-state index is 0.0409. The molecular weight excluding hydrogens is 338 g/mol. The van der Waals surface area contributed by atoms with E-state index in [1.165, 1.54) is 12.0 Å². The van der Waals surface area contributed by atoms with Crippen LogP contribution in [0.4, 0.5) is 11.4 Å². The fourth-order valence-electron chi connectivity index (χ4n) is 3.40. The number of carbonyl (C=O) groups excluding carboxylic acids is 2. The first-order valence-corrected chi connectivity index (χ1v) is 9.53. The zero-order valence-electron chi connectivity index (χ0n) is 16.0. The van der Waals surface area contributed by atoms with Gasteiger partial charge in [0.25, 0.3) is 5.91 Å². The Kier molecular flexibility index (Phi) is 6.12. The van der Waals surface area contributed by atoms with E-state index in [0.717, 1.165) is 37.2 Å². The molecule has 5 nitrogen and oxygen atoms in total. The van der Waals surface area contributed by atoms with Crippen molar-refractivity contribution in [2.75, 3.05) is 30.3 Å². The molecule has 0 unspecified atom stereocenters. The van der Waals surface area contributed by atoms with Crippen molar-refractivity contribution < 1.29 is 9.59 Å². The summed E-state index contributed by atoms with van der Waals surface area (Å²) in [5.41, 5.74) is 4.52. The molecule has 0 aliphatic carbocycles. The first-order chi connectivity index (χ1) is 13.0. The van der Waals surface area contributed by atoms with Crippen molar-refractivity contribution in [1.82, 2.24) is 4.90 Å². The highest BCUT2D eigenvalue weighted by Gasteiger charge is 2.18. The lowest BCUT2D eigenvalue weighted by molar-refractivity contribution is -0.114. The number of nitrogens with zero attached hydrogens (tertiary/aromatic N) is 1. The maximum absolute atomic E-state index is 12.6. The van der Waals surface area contributed by atoms with E-state index in [1.807, 2.05) is 43.0 Å². The molecule has 0 atom stereocenters. The molecule has 0 spiro atoms. The molecule has 0 radical (unpaired) electrons. The number of likely N-dealkylation sites (tertiary alicyclic amines) is 1. The summed E-state index contributed by atoms with van der Waals surface area (Å²) in [6.45, 7) is 5.86. The minimum Gasteiger partial charge on any atom is -0.376 e. The van der Waals surface area contributed by atoms with Crippen molar-refractivity contribution in [1.29, 1.82) is 0 Å². The molecule has 1 fully saturated rings. The predicted molar refractivity (Wildman–Crippen MR) is 109 cm³/mol. The van der Waals surface area contributed by atoms with Gasteiger partial charge in [-0.3, -0.25) is 9.59 Å². The Morgan fingerprint density at radius 2 is 1.78 bits per heavy atom. The SMILES string of the molecule is Cc1ccc(NCC(=O)Nc2cccc(C(=O)N3CCCCC3)c2)c(C)c1. The van der Waals surface area contributed by atoms with Crippen LogP contribution in [0.25, 0.3) is 0 Å². The lowest BCUT2D eigenvalue weighted by atomic mass is 10.1. The smallest absolute Gasteiger partial charge is 0.253 e. The van der Waals surface area contributed by atoms with E-state index < -0.39 is 0 Å². The van der Waals surface area contributed by atoms with Crippen molar-refractivity contribution in [3.8, 4) is 0 Å². The molecule has 142 valence electrons. The quantitative estimate of drug-likeness (QED) is 0.842. The Morgan fingerprint density at radius 1 is 1.00 bits per heavy atom. The number of amides is 2. The average molecular weight is 365 g/mol. The van der Waals surface area contributed by atoms with Gasteiger partial charge in [0.1, 0.15) is 0 Å². The molecule has 1 heterocycles. The van der Waals surface area contributed by atoms with Crippen molar-refractivity contribution in [2.24, 2.45) is 0 Å². The largest absolute Gasteiger partial charge is 0.376 e. The van der Waals surface area contributed by atoms with Crippen LogP contribution < -0.4 is 10.6 Å². The fourth-order valence-corrected chi connectivity index (χ4v) is 3.40. The molecule has 5 heteroatoms. The van der Waals surface area contributed by atoms with Gasteiger partial charge in [0, 0.05) is 30.0 Å². The number of rotatable bonds is 5. The van der Waals surface area contributed by atoms with E-state index in [-0.39, 0.29) is 18.4 Å². The second kappa shape index (κ2) is 8.71. The minimum atomic E-state index is -0.141. The number of nitrogens with one attached hydrogen (secondary N) is 2. The molecule has 0 saturated carbocycles. The van der Waals surface area contributed by atoms with Gasteiger partial charge in [-0.15, -0.1) is 0 Å². The van der Waals surface area contributed by atoms with Crippen molar-refractivity contribution in [3.05, 3.63) is 59.2 Å². The van der Waals surface area contributed by atoms with Crippen molar-refractivity contribution in [2.45, 2.75) is 33.1 Å². The number of hydrogen-bond donors (Lipinski definition) is 2. The standard InChI is InChI=1S/C22H27N3O2/c1-16-9-10-20(17(2)13-16)23-15-21(26)24-19-8-6-7-18(14-19)22(27)25-11-4-3-5-12-25/h6-10,13-14,23H,3-5,11-12,15H2,1-2H3,(H,24,26). The van der Waals surface area contributed by atoms with Crippen LogP contribution in [-0.2, 0) is 4.79 Å². The summed E-state index contributed by atoms with van der Waals surface area (Å²) >= 11 is 0. The molecule has 0 aromatic heterocycles. The lowest BCUT2D eigenvalue weighted by Crippen LogP contribution is -2.35. The summed E-state index contributed by atoms with van der Waals surface area (Å²) in [5, 5.41) is 6.03. The van der Waals surface area contributed by atoms with Gasteiger partial charge >= 0.3 is 0 Å². The van der Waals surface area contributed by atoms with Gasteiger partial charge in [0.2, 0.25) is 5.91 Å². The van der Waals surface area contributed by atoms with E-state index in [1.54, 1.807) is 12.1 Å². The van der Waals surface area contributed by atoms with Crippen LogP contribution in [0, 0.1) is 13.8 Å². The highest BCUT2D eigenvalue weighted by molar-refractivity contribution is 5.98. The van der Waals surface area contributed by atoms with Gasteiger partial charge in [-0.05, 0) is 62.9 Å². The lowest BCUT2D eigenvalue weighted by Gasteiger charge is -2.26. The van der Waals surface area contributed by atoms with Gasteiger partial charge in [-0.25, -0.2) is 0 Å². The number of carbonyl (C=O) groups is 2. The van der Waals surface area contributed by atoms with Crippen LogP contribution in [-0.4, -0.2) is 36.3 Å². The molecule has 2 amide bonds. The molecule has 1 aliphatic rings. The molecule has 2 aromatic carbocycles. The number of anilines is 2. The highest BCUT2D eigenvalue weighted by Crippen LogP contribution is 2.17. The predicted octanol–water partition coefficient (Wildman–Crippen LogP) is 3.98. The molecule has 3 rings (SSSR count). The first kappa shape index (κ1) is 19.0. The Balaban J connectivity index is 1.58. The molecule has 2 aromatic rings. The van der Waals surface area contributed by atoms with Crippen LogP contribution in [0.1, 0.15) is 40.7 Å². The third-order valence-corrected chi connectivity index (χ3v) is 4.86. The maximum Gasteiger partial charge on any atom is 0.253 e. The Labute approximate surface area is 160 Å². The van der Waals surface area contributed by atoms with Gasteiger partial charge in [0.15, 0.2) is 0 Å². The van der Waals surface area contributed by atoms with Gasteiger partial charge < -0.3 is 15.5 Å². The Bertz CT molecular complexity index is 826. The zero-order valence-corrected chi connectivity index (χ0v) is 16.0. The summed E-state index contributed by atoms with van der Waals surface area (Å²) in [6.07, 6.45) is 3.31. The van der Waals surface area contributed by atoms with Gasteiger partial charge in [-0.1, -0.05) is 23.8 Å². The summed E-state index contributed by atoms with van der Waals surface area (Å²) in [6, 6.07) is 13.3. The first-order valence-electron chi connectivity index (χ1n) is 9.53. The van der Waals surface area contributed by atoms with E-state index in [4.69, 9.17) is 0 Å². The summed E-state index contributed by atoms with van der Waals surface area (Å²) in [4.78, 5) is 26.8. The molecule has 0 bridgehead atoms. The zero-order chi connectivity index (χ0) is 19.2. The molecular formula is C22H27N3O2.